The molecule has 2 aromatic rings. The maximum Gasteiger partial charge on any atom is 0.267 e. The quantitative estimate of drug-likeness (QED) is 0.913. The number of amides is 1. The normalized spacial score (nSPS) is 15.9. The number of nitrogens with one attached hydrogen (secondary N) is 1. The molecule has 1 aromatic carbocycles. The van der Waals surface area contributed by atoms with Crippen LogP contribution in [0.2, 0.25) is 0 Å². The van der Waals surface area contributed by atoms with Gasteiger partial charge in [0.25, 0.3) is 5.56 Å². The van der Waals surface area contributed by atoms with Crippen LogP contribution in [0.1, 0.15) is 44.9 Å². The van der Waals surface area contributed by atoms with Crippen molar-refractivity contribution in [2.24, 2.45) is 0 Å². The van der Waals surface area contributed by atoms with Gasteiger partial charge in [0.1, 0.15) is 12.4 Å². The first-order valence-corrected chi connectivity index (χ1v) is 9.25. The second-order valence-corrected chi connectivity index (χ2v) is 6.83. The lowest BCUT2D eigenvalue weighted by Crippen LogP contribution is -2.39. The Morgan fingerprint density at radius 1 is 1.04 bits per heavy atom. The summed E-state index contributed by atoms with van der Waals surface area (Å²) >= 11 is 0. The third-order valence-corrected chi connectivity index (χ3v) is 4.77. The fraction of sp³-hybridized carbons (Fsp3) is 0.450. The van der Waals surface area contributed by atoms with Crippen LogP contribution < -0.4 is 10.9 Å². The van der Waals surface area contributed by atoms with Crippen molar-refractivity contribution in [1.29, 1.82) is 0 Å². The Hall–Kier alpha value is -2.50. The highest BCUT2D eigenvalue weighted by Gasteiger charge is 2.15. The van der Waals surface area contributed by atoms with E-state index in [2.05, 4.69) is 10.4 Å². The molecule has 0 spiro atoms. The van der Waals surface area contributed by atoms with Crippen molar-refractivity contribution >= 4 is 5.91 Å². The second kappa shape index (κ2) is 8.74. The lowest BCUT2D eigenvalue weighted by molar-refractivity contribution is -0.122. The number of carbonyl (C=O) groups is 1. The van der Waals surface area contributed by atoms with Gasteiger partial charge in [-0.15, -0.1) is 0 Å². The van der Waals surface area contributed by atoms with E-state index in [-0.39, 0.29) is 29.9 Å². The van der Waals surface area contributed by atoms with Gasteiger partial charge in [-0.05, 0) is 43.2 Å². The van der Waals surface area contributed by atoms with Crippen LogP contribution in [0.5, 0.6) is 0 Å². The van der Waals surface area contributed by atoms with Gasteiger partial charge < -0.3 is 5.32 Å². The highest BCUT2D eigenvalue weighted by molar-refractivity contribution is 5.76. The van der Waals surface area contributed by atoms with Crippen LogP contribution >= 0.6 is 0 Å². The summed E-state index contributed by atoms with van der Waals surface area (Å²) in [5.74, 6) is -0.526. The third kappa shape index (κ3) is 5.00. The second-order valence-electron chi connectivity index (χ2n) is 6.83. The molecule has 0 aliphatic heterocycles. The van der Waals surface area contributed by atoms with Crippen molar-refractivity contribution in [2.75, 3.05) is 0 Å². The number of hydrogen-bond acceptors (Lipinski definition) is 3. The smallest absolute Gasteiger partial charge is 0.267 e. The Bertz CT molecular complexity index is 793. The zero-order valence-corrected chi connectivity index (χ0v) is 14.8. The molecule has 1 amide bonds. The molecule has 0 unspecified atom stereocenters. The van der Waals surface area contributed by atoms with E-state index >= 15 is 0 Å². The lowest BCUT2D eigenvalue weighted by Gasteiger charge is -2.21. The Morgan fingerprint density at radius 2 is 1.69 bits per heavy atom. The maximum absolute atomic E-state index is 13.1. The first-order chi connectivity index (χ1) is 12.6. The molecule has 1 N–H and O–H groups in total. The van der Waals surface area contributed by atoms with Crippen molar-refractivity contribution in [1.82, 2.24) is 15.1 Å². The average molecular weight is 357 g/mol. The molecule has 6 heteroatoms. The molecule has 138 valence electrons. The number of halogens is 1. The highest BCUT2D eigenvalue weighted by Crippen LogP contribution is 2.17. The average Bonchev–Trinajstić information content (AvgIpc) is 2.60. The Balaban J connectivity index is 1.68. The number of rotatable bonds is 4. The van der Waals surface area contributed by atoms with E-state index < -0.39 is 0 Å². The van der Waals surface area contributed by atoms with E-state index in [1.165, 1.54) is 37.5 Å². The molecular formula is C20H24FN3O2. The Kier molecular flexibility index (Phi) is 6.15. The first kappa shape index (κ1) is 18.3. The van der Waals surface area contributed by atoms with Crippen molar-refractivity contribution < 1.29 is 9.18 Å². The lowest BCUT2D eigenvalue weighted by atomic mass is 9.97. The summed E-state index contributed by atoms with van der Waals surface area (Å²) in [4.78, 5) is 24.4. The molecule has 1 aliphatic carbocycles. The van der Waals surface area contributed by atoms with Gasteiger partial charge in [0.15, 0.2) is 0 Å². The summed E-state index contributed by atoms with van der Waals surface area (Å²) in [5, 5.41) is 7.30. The van der Waals surface area contributed by atoms with E-state index in [0.29, 0.717) is 11.3 Å². The van der Waals surface area contributed by atoms with E-state index in [9.17, 15) is 14.0 Å². The van der Waals surface area contributed by atoms with Crippen molar-refractivity contribution in [2.45, 2.75) is 57.5 Å². The van der Waals surface area contributed by atoms with Crippen LogP contribution in [-0.2, 0) is 11.3 Å². The van der Waals surface area contributed by atoms with Gasteiger partial charge in [0.2, 0.25) is 5.91 Å². The molecule has 26 heavy (non-hydrogen) atoms. The van der Waals surface area contributed by atoms with Crippen molar-refractivity contribution in [3.05, 3.63) is 52.6 Å². The predicted molar refractivity (Wildman–Crippen MR) is 98.1 cm³/mol. The van der Waals surface area contributed by atoms with Gasteiger partial charge in [-0.2, -0.15) is 5.10 Å². The number of benzene rings is 1. The molecule has 5 nitrogen and oxygen atoms in total. The number of carbonyl (C=O) groups excluding carboxylic acids is 1. The minimum absolute atomic E-state index is 0.107. The zero-order valence-electron chi connectivity index (χ0n) is 14.8. The third-order valence-electron chi connectivity index (χ3n) is 4.77. The highest BCUT2D eigenvalue weighted by atomic mass is 19.1. The van der Waals surface area contributed by atoms with E-state index in [1.807, 2.05) is 0 Å². The molecular weight excluding hydrogens is 333 g/mol. The molecule has 0 atom stereocenters. The largest absolute Gasteiger partial charge is 0.352 e. The Labute approximate surface area is 152 Å². The van der Waals surface area contributed by atoms with Gasteiger partial charge in [0.05, 0.1) is 5.69 Å². The zero-order chi connectivity index (χ0) is 18.4. The van der Waals surface area contributed by atoms with E-state index in [4.69, 9.17) is 0 Å². The fourth-order valence-electron chi connectivity index (χ4n) is 3.35. The maximum atomic E-state index is 13.1. The first-order valence-electron chi connectivity index (χ1n) is 9.25. The Morgan fingerprint density at radius 3 is 2.38 bits per heavy atom. The monoisotopic (exact) mass is 357 g/mol. The van der Waals surface area contributed by atoms with Crippen molar-refractivity contribution in [3.63, 3.8) is 0 Å². The molecule has 3 rings (SSSR count). The van der Waals surface area contributed by atoms with Gasteiger partial charge in [0, 0.05) is 17.7 Å². The number of aromatic nitrogens is 2. The van der Waals surface area contributed by atoms with Crippen LogP contribution in [-0.4, -0.2) is 21.7 Å². The molecule has 1 fully saturated rings. The van der Waals surface area contributed by atoms with Crippen LogP contribution in [0.15, 0.2) is 41.2 Å². The van der Waals surface area contributed by atoms with E-state index in [1.54, 1.807) is 18.2 Å². The summed E-state index contributed by atoms with van der Waals surface area (Å²) in [6, 6.07) is 9.02. The molecule has 1 saturated carbocycles. The van der Waals surface area contributed by atoms with Gasteiger partial charge in [-0.25, -0.2) is 9.07 Å². The van der Waals surface area contributed by atoms with Crippen LogP contribution in [0.3, 0.4) is 0 Å². The minimum atomic E-state index is -0.333. The SMILES string of the molecule is O=C(Cn1nc(-c2ccc(F)cc2)ccc1=O)NC1CCCCCCC1. The molecule has 0 radical (unpaired) electrons. The molecule has 0 bridgehead atoms. The fourth-order valence-corrected chi connectivity index (χ4v) is 3.35. The minimum Gasteiger partial charge on any atom is -0.352 e. The molecule has 1 heterocycles. The van der Waals surface area contributed by atoms with Gasteiger partial charge in [-0.1, -0.05) is 32.1 Å². The van der Waals surface area contributed by atoms with Gasteiger partial charge in [-0.3, -0.25) is 9.59 Å². The van der Waals surface area contributed by atoms with Gasteiger partial charge >= 0.3 is 0 Å². The van der Waals surface area contributed by atoms with Crippen LogP contribution in [0.4, 0.5) is 4.39 Å². The topological polar surface area (TPSA) is 64.0 Å². The number of hydrogen-bond donors (Lipinski definition) is 1. The predicted octanol–water partition coefficient (Wildman–Crippen LogP) is 3.28. The standard InChI is InChI=1S/C20H24FN3O2/c21-16-10-8-15(9-11-16)18-12-13-20(26)24(23-18)14-19(25)22-17-6-4-2-1-3-5-7-17/h8-13,17H,1-7,14H2,(H,22,25). The summed E-state index contributed by atoms with van der Waals surface area (Å²) in [6.45, 7) is -0.107. The molecule has 0 saturated heterocycles. The van der Waals surface area contributed by atoms with Crippen LogP contribution in [0.25, 0.3) is 11.3 Å². The van der Waals surface area contributed by atoms with Crippen molar-refractivity contribution in [3.8, 4) is 11.3 Å². The summed E-state index contributed by atoms with van der Waals surface area (Å²) < 4.78 is 14.2. The molecule has 1 aromatic heterocycles. The van der Waals surface area contributed by atoms with Crippen LogP contribution in [0, 0.1) is 5.82 Å². The summed E-state index contributed by atoms with van der Waals surface area (Å²) in [6.07, 6.45) is 7.94. The number of nitrogens with zero attached hydrogens (tertiary/aromatic N) is 2. The van der Waals surface area contributed by atoms with E-state index in [0.717, 1.165) is 30.4 Å². The summed E-state index contributed by atoms with van der Waals surface area (Å²) in [5.41, 5.74) is 0.896. The summed E-state index contributed by atoms with van der Waals surface area (Å²) in [7, 11) is 0. The molecule has 1 aliphatic rings.